The molecule has 1 aromatic carbocycles. The van der Waals surface area contributed by atoms with Crippen LogP contribution in [0.15, 0.2) is 12.1 Å². The number of carboxylic acids is 1. The van der Waals surface area contributed by atoms with Gasteiger partial charge in [0.2, 0.25) is 0 Å². The van der Waals surface area contributed by atoms with E-state index in [1.165, 1.54) is 6.07 Å². The summed E-state index contributed by atoms with van der Waals surface area (Å²) < 4.78 is 14.1. The molecule has 0 radical (unpaired) electrons. The lowest BCUT2D eigenvalue weighted by Crippen LogP contribution is -2.09. The van der Waals surface area contributed by atoms with Crippen molar-refractivity contribution in [3.63, 3.8) is 0 Å². The average molecular weight is 273 g/mol. The van der Waals surface area contributed by atoms with Gasteiger partial charge in [-0.05, 0) is 55.9 Å². The number of aryl methyl sites for hydroxylation is 2. The van der Waals surface area contributed by atoms with Crippen molar-refractivity contribution >= 4 is 16.9 Å². The quantitative estimate of drug-likeness (QED) is 0.807. The van der Waals surface area contributed by atoms with Crippen LogP contribution < -0.4 is 0 Å². The fourth-order valence-corrected chi connectivity index (χ4v) is 3.04. The van der Waals surface area contributed by atoms with Crippen molar-refractivity contribution in [2.75, 3.05) is 0 Å². The summed E-state index contributed by atoms with van der Waals surface area (Å²) in [6.07, 6.45) is 4.47. The predicted octanol–water partition coefficient (Wildman–Crippen LogP) is 3.65. The molecule has 104 valence electrons. The lowest BCUT2D eigenvalue weighted by Gasteiger charge is -2.13. The Morgan fingerprint density at radius 2 is 2.00 bits per heavy atom. The predicted molar refractivity (Wildman–Crippen MR) is 74.7 cm³/mol. The minimum absolute atomic E-state index is 0.189. The van der Waals surface area contributed by atoms with E-state index in [0.29, 0.717) is 10.9 Å². The Kier molecular flexibility index (Phi) is 3.16. The topological polar surface area (TPSA) is 50.2 Å². The van der Waals surface area contributed by atoms with Crippen LogP contribution >= 0.6 is 0 Å². The SMILES string of the molecule is Cc1cc(F)c2nc3c(c(C(=O)O)c2c1)CCCCC3. The third kappa shape index (κ3) is 2.05. The number of halogens is 1. The van der Waals surface area contributed by atoms with Crippen LogP contribution in [0, 0.1) is 12.7 Å². The van der Waals surface area contributed by atoms with Gasteiger partial charge in [-0.2, -0.15) is 0 Å². The van der Waals surface area contributed by atoms with Crippen LogP contribution in [0.2, 0.25) is 0 Å². The third-order valence-electron chi connectivity index (χ3n) is 3.93. The summed E-state index contributed by atoms with van der Waals surface area (Å²) in [7, 11) is 0. The van der Waals surface area contributed by atoms with Crippen molar-refractivity contribution in [3.05, 3.63) is 40.3 Å². The van der Waals surface area contributed by atoms with Gasteiger partial charge in [-0.1, -0.05) is 6.42 Å². The summed E-state index contributed by atoms with van der Waals surface area (Å²) in [5, 5.41) is 9.99. The van der Waals surface area contributed by atoms with Gasteiger partial charge in [0.05, 0.1) is 5.56 Å². The highest BCUT2D eigenvalue weighted by molar-refractivity contribution is 6.04. The van der Waals surface area contributed by atoms with Crippen LogP contribution in [0.5, 0.6) is 0 Å². The standard InChI is InChI=1S/C16H16FNO2/c1-9-7-11-14(16(19)20)10-5-3-2-4-6-13(10)18-15(11)12(17)8-9/h7-8H,2-6H2,1H3,(H,19,20). The number of aromatic nitrogens is 1. The summed E-state index contributed by atoms with van der Waals surface area (Å²) in [5.74, 6) is -1.42. The van der Waals surface area contributed by atoms with Crippen LogP contribution in [0.3, 0.4) is 0 Å². The van der Waals surface area contributed by atoms with E-state index in [9.17, 15) is 14.3 Å². The maximum atomic E-state index is 14.1. The molecule has 4 heteroatoms. The normalized spacial score (nSPS) is 14.9. The molecule has 0 unspecified atom stereocenters. The fraction of sp³-hybridized carbons (Fsp3) is 0.375. The van der Waals surface area contributed by atoms with Crippen molar-refractivity contribution in [1.82, 2.24) is 4.98 Å². The molecule has 1 aliphatic rings. The highest BCUT2D eigenvalue weighted by atomic mass is 19.1. The lowest BCUT2D eigenvalue weighted by atomic mass is 9.96. The van der Waals surface area contributed by atoms with Crippen LogP contribution in [-0.2, 0) is 12.8 Å². The summed E-state index contributed by atoms with van der Waals surface area (Å²) in [4.78, 5) is 16.1. The number of pyridine rings is 1. The van der Waals surface area contributed by atoms with Crippen molar-refractivity contribution in [3.8, 4) is 0 Å². The zero-order valence-electron chi connectivity index (χ0n) is 11.4. The van der Waals surface area contributed by atoms with E-state index in [1.807, 2.05) is 0 Å². The number of hydrogen-bond donors (Lipinski definition) is 1. The Bertz CT molecular complexity index is 709. The largest absolute Gasteiger partial charge is 0.478 e. The molecule has 0 saturated carbocycles. The second-order valence-electron chi connectivity index (χ2n) is 5.42. The van der Waals surface area contributed by atoms with E-state index >= 15 is 0 Å². The lowest BCUT2D eigenvalue weighted by molar-refractivity contribution is 0.0697. The van der Waals surface area contributed by atoms with Crippen LogP contribution in [0.25, 0.3) is 10.9 Å². The van der Waals surface area contributed by atoms with E-state index in [2.05, 4.69) is 4.98 Å². The molecule has 2 aromatic rings. The smallest absolute Gasteiger partial charge is 0.336 e. The minimum Gasteiger partial charge on any atom is -0.478 e. The van der Waals surface area contributed by atoms with Crippen molar-refractivity contribution in [2.24, 2.45) is 0 Å². The number of fused-ring (bicyclic) bond motifs is 2. The molecule has 0 aliphatic heterocycles. The molecule has 1 N–H and O–H groups in total. The molecule has 0 bridgehead atoms. The van der Waals surface area contributed by atoms with E-state index in [-0.39, 0.29) is 11.1 Å². The zero-order valence-corrected chi connectivity index (χ0v) is 11.4. The first-order valence-corrected chi connectivity index (χ1v) is 6.93. The molecule has 0 fully saturated rings. The van der Waals surface area contributed by atoms with E-state index in [1.54, 1.807) is 13.0 Å². The van der Waals surface area contributed by atoms with Crippen molar-refractivity contribution in [1.29, 1.82) is 0 Å². The maximum absolute atomic E-state index is 14.1. The monoisotopic (exact) mass is 273 g/mol. The molecular weight excluding hydrogens is 257 g/mol. The number of hydrogen-bond acceptors (Lipinski definition) is 2. The van der Waals surface area contributed by atoms with Gasteiger partial charge < -0.3 is 5.11 Å². The van der Waals surface area contributed by atoms with Gasteiger partial charge in [-0.25, -0.2) is 14.2 Å². The number of carbonyl (C=O) groups is 1. The van der Waals surface area contributed by atoms with Gasteiger partial charge in [-0.15, -0.1) is 0 Å². The van der Waals surface area contributed by atoms with E-state index < -0.39 is 11.8 Å². The van der Waals surface area contributed by atoms with Gasteiger partial charge >= 0.3 is 5.97 Å². The molecule has 0 saturated heterocycles. The number of carboxylic acid groups (broad SMARTS) is 1. The molecule has 1 aromatic heterocycles. The van der Waals surface area contributed by atoms with Crippen LogP contribution in [-0.4, -0.2) is 16.1 Å². The van der Waals surface area contributed by atoms with Crippen LogP contribution in [0.4, 0.5) is 4.39 Å². The average Bonchev–Trinajstić information content (AvgIpc) is 2.60. The third-order valence-corrected chi connectivity index (χ3v) is 3.93. The number of aromatic carboxylic acids is 1. The summed E-state index contributed by atoms with van der Waals surface area (Å²) in [6.45, 7) is 1.76. The first-order chi connectivity index (χ1) is 9.58. The molecule has 0 atom stereocenters. The minimum atomic E-state index is -0.986. The van der Waals surface area contributed by atoms with Crippen molar-refractivity contribution < 1.29 is 14.3 Å². The number of rotatable bonds is 1. The number of benzene rings is 1. The summed E-state index contributed by atoms with van der Waals surface area (Å²) in [5.41, 5.74) is 2.71. The molecule has 1 heterocycles. The first kappa shape index (κ1) is 13.0. The highest BCUT2D eigenvalue weighted by Crippen LogP contribution is 2.30. The van der Waals surface area contributed by atoms with E-state index in [0.717, 1.165) is 43.4 Å². The highest BCUT2D eigenvalue weighted by Gasteiger charge is 2.22. The van der Waals surface area contributed by atoms with Gasteiger partial charge in [-0.3, -0.25) is 0 Å². The zero-order chi connectivity index (χ0) is 14.3. The van der Waals surface area contributed by atoms with E-state index in [4.69, 9.17) is 0 Å². The Morgan fingerprint density at radius 1 is 1.25 bits per heavy atom. The molecule has 3 nitrogen and oxygen atoms in total. The Labute approximate surface area is 116 Å². The molecule has 20 heavy (non-hydrogen) atoms. The second-order valence-corrected chi connectivity index (χ2v) is 5.42. The van der Waals surface area contributed by atoms with Gasteiger partial charge in [0, 0.05) is 11.1 Å². The fourth-order valence-electron chi connectivity index (χ4n) is 3.04. The number of nitrogens with zero attached hydrogens (tertiary/aromatic N) is 1. The molecule has 0 spiro atoms. The summed E-state index contributed by atoms with van der Waals surface area (Å²) in [6, 6.07) is 3.13. The first-order valence-electron chi connectivity index (χ1n) is 6.93. The van der Waals surface area contributed by atoms with Crippen molar-refractivity contribution in [2.45, 2.75) is 39.0 Å². The maximum Gasteiger partial charge on any atom is 0.336 e. The summed E-state index contributed by atoms with van der Waals surface area (Å²) >= 11 is 0. The Hall–Kier alpha value is -1.97. The van der Waals surface area contributed by atoms with Crippen LogP contribution in [0.1, 0.15) is 46.4 Å². The molecule has 1 aliphatic carbocycles. The van der Waals surface area contributed by atoms with Gasteiger partial charge in [0.25, 0.3) is 0 Å². The molecular formula is C16H16FNO2. The van der Waals surface area contributed by atoms with Gasteiger partial charge in [0.15, 0.2) is 0 Å². The molecule has 3 rings (SSSR count). The Balaban J connectivity index is 2.42. The second kappa shape index (κ2) is 4.85. The molecule has 0 amide bonds. The Morgan fingerprint density at radius 3 is 2.75 bits per heavy atom. The van der Waals surface area contributed by atoms with Gasteiger partial charge in [0.1, 0.15) is 11.3 Å².